The summed E-state index contributed by atoms with van der Waals surface area (Å²) in [7, 11) is 3.66. The standard InChI is InChI=1S/C18H22INO2/c1-20-14-7-8-16(20)17(18(21)22-2)15(11-14)13-5-3-12(4-6-13)9-10-19/h3-6,9-10,14-17H,7-8,11H2,1-2H3/b10-9-/t14-,15+,16+,17-/m1/s1/i1-1. The highest BCUT2D eigenvalue weighted by molar-refractivity contribution is 14.1. The fourth-order valence-corrected chi connectivity index (χ4v) is 4.61. The molecule has 2 saturated heterocycles. The molecule has 2 aliphatic rings. The molecular formula is C18H22INO2. The smallest absolute Gasteiger partial charge is 0.310 e. The third kappa shape index (κ3) is 2.83. The van der Waals surface area contributed by atoms with E-state index in [1.54, 1.807) is 0 Å². The SMILES string of the molecule is COC(=O)[C@@H]1[C@H](c2ccc(/C=C\I)cc2)C[C@H]2CC[C@@H]1N2[11CH3]. The number of carbonyl (C=O) groups excluding carboxylic acids is 1. The molecule has 1 aromatic rings. The van der Waals surface area contributed by atoms with Crippen molar-refractivity contribution in [3.63, 3.8) is 0 Å². The normalized spacial score (nSPS) is 31.6. The first kappa shape index (κ1) is 16.0. The van der Waals surface area contributed by atoms with Crippen LogP contribution in [0.1, 0.15) is 36.3 Å². The monoisotopic (exact) mass is 410 g/mol. The van der Waals surface area contributed by atoms with E-state index in [4.69, 9.17) is 4.74 Å². The third-order valence-corrected chi connectivity index (χ3v) is 5.72. The zero-order valence-corrected chi connectivity index (χ0v) is 15.2. The zero-order valence-electron chi connectivity index (χ0n) is 13.0. The number of nitrogens with zero attached hydrogens (tertiary/aromatic N) is 1. The van der Waals surface area contributed by atoms with Gasteiger partial charge in [0.15, 0.2) is 0 Å². The first-order chi connectivity index (χ1) is 10.7. The molecule has 3 nitrogen and oxygen atoms in total. The second-order valence-electron chi connectivity index (χ2n) is 6.31. The van der Waals surface area contributed by atoms with E-state index in [0.717, 1.165) is 12.8 Å². The largest absolute Gasteiger partial charge is 0.469 e. The van der Waals surface area contributed by atoms with Gasteiger partial charge in [0.25, 0.3) is 0 Å². The predicted molar refractivity (Wildman–Crippen MR) is 96.9 cm³/mol. The Morgan fingerprint density at radius 3 is 2.68 bits per heavy atom. The molecule has 0 spiro atoms. The molecule has 2 bridgehead atoms. The number of hydrogen-bond acceptors (Lipinski definition) is 3. The molecule has 4 atom stereocenters. The maximum Gasteiger partial charge on any atom is 0.310 e. The van der Waals surface area contributed by atoms with Crippen molar-refractivity contribution in [1.29, 1.82) is 0 Å². The molecule has 2 heterocycles. The highest BCUT2D eigenvalue weighted by Gasteiger charge is 2.49. The van der Waals surface area contributed by atoms with Crippen LogP contribution < -0.4 is 0 Å². The van der Waals surface area contributed by atoms with E-state index >= 15 is 0 Å². The van der Waals surface area contributed by atoms with Gasteiger partial charge in [0, 0.05) is 18.0 Å². The number of carbonyl (C=O) groups is 1. The molecule has 3 rings (SSSR count). The fraction of sp³-hybridized carbons (Fsp3) is 0.500. The molecular weight excluding hydrogens is 388 g/mol. The number of halogens is 1. The highest BCUT2D eigenvalue weighted by atomic mass is 127. The second kappa shape index (κ2) is 6.71. The fourth-order valence-electron chi connectivity index (χ4n) is 4.19. The molecule has 118 valence electrons. The van der Waals surface area contributed by atoms with Gasteiger partial charge in [0.2, 0.25) is 0 Å². The van der Waals surface area contributed by atoms with Crippen molar-refractivity contribution in [3.05, 3.63) is 39.5 Å². The van der Waals surface area contributed by atoms with E-state index in [1.165, 1.54) is 24.7 Å². The Hall–Kier alpha value is -0.880. The van der Waals surface area contributed by atoms with Gasteiger partial charge >= 0.3 is 5.97 Å². The van der Waals surface area contributed by atoms with E-state index in [0.29, 0.717) is 12.1 Å². The van der Waals surface area contributed by atoms with Gasteiger partial charge in [-0.2, -0.15) is 0 Å². The molecule has 0 aliphatic carbocycles. The van der Waals surface area contributed by atoms with Crippen molar-refractivity contribution < 1.29 is 9.53 Å². The van der Waals surface area contributed by atoms with Gasteiger partial charge in [-0.3, -0.25) is 9.69 Å². The van der Waals surface area contributed by atoms with Crippen LogP contribution in [0.4, 0.5) is 0 Å². The van der Waals surface area contributed by atoms with Crippen molar-refractivity contribution in [2.24, 2.45) is 5.92 Å². The molecule has 0 N–H and O–H groups in total. The van der Waals surface area contributed by atoms with Crippen LogP contribution in [-0.4, -0.2) is 37.1 Å². The maximum atomic E-state index is 12.4. The van der Waals surface area contributed by atoms with Gasteiger partial charge in [-0.25, -0.2) is 0 Å². The van der Waals surface area contributed by atoms with Crippen LogP contribution in [-0.2, 0) is 9.53 Å². The number of benzene rings is 1. The topological polar surface area (TPSA) is 29.5 Å². The number of hydrogen-bond donors (Lipinski definition) is 0. The number of esters is 1. The summed E-state index contributed by atoms with van der Waals surface area (Å²) < 4.78 is 7.14. The first-order valence-electron chi connectivity index (χ1n) is 7.82. The van der Waals surface area contributed by atoms with E-state index in [2.05, 4.69) is 64.9 Å². The molecule has 0 amide bonds. The molecule has 0 radical (unpaired) electrons. The molecule has 4 heteroatoms. The summed E-state index contributed by atoms with van der Waals surface area (Å²) in [5.74, 6) is 0.178. The highest BCUT2D eigenvalue weighted by Crippen LogP contribution is 2.46. The number of fused-ring (bicyclic) bond motifs is 2. The Morgan fingerprint density at radius 1 is 1.32 bits per heavy atom. The lowest BCUT2D eigenvalue weighted by molar-refractivity contribution is -0.150. The van der Waals surface area contributed by atoms with Gasteiger partial charge in [-0.1, -0.05) is 46.9 Å². The summed E-state index contributed by atoms with van der Waals surface area (Å²) in [6, 6.07) is 9.56. The van der Waals surface area contributed by atoms with Gasteiger partial charge in [-0.15, -0.1) is 0 Å². The lowest BCUT2D eigenvalue weighted by Gasteiger charge is -2.41. The van der Waals surface area contributed by atoms with Crippen LogP contribution in [0.2, 0.25) is 0 Å². The van der Waals surface area contributed by atoms with Crippen LogP contribution in [0.5, 0.6) is 0 Å². The summed E-state index contributed by atoms with van der Waals surface area (Å²) in [5, 5.41) is 0. The number of methoxy groups -OCH3 is 1. The summed E-state index contributed by atoms with van der Waals surface area (Å²) in [5.41, 5.74) is 2.47. The Balaban J connectivity index is 1.91. The second-order valence-corrected chi connectivity index (χ2v) is 7.03. The minimum atomic E-state index is -0.0570. The van der Waals surface area contributed by atoms with Crippen molar-refractivity contribution in [1.82, 2.24) is 4.90 Å². The Morgan fingerprint density at radius 2 is 2.05 bits per heavy atom. The molecule has 1 aromatic carbocycles. The minimum absolute atomic E-state index is 0.0419. The van der Waals surface area contributed by atoms with Gasteiger partial charge < -0.3 is 4.74 Å². The summed E-state index contributed by atoms with van der Waals surface area (Å²) in [4.78, 5) is 14.8. The lowest BCUT2D eigenvalue weighted by Crippen LogP contribution is -2.49. The van der Waals surface area contributed by atoms with E-state index in [9.17, 15) is 4.79 Å². The van der Waals surface area contributed by atoms with Gasteiger partial charge in [-0.05, 0) is 47.6 Å². The van der Waals surface area contributed by atoms with Crippen LogP contribution >= 0.6 is 22.6 Å². The van der Waals surface area contributed by atoms with Crippen LogP contribution in [0, 0.1) is 5.92 Å². The quantitative estimate of drug-likeness (QED) is 0.561. The first-order valence-corrected chi connectivity index (χ1v) is 9.06. The summed E-state index contributed by atoms with van der Waals surface area (Å²) >= 11 is 2.23. The van der Waals surface area contributed by atoms with Crippen LogP contribution in [0.3, 0.4) is 0 Å². The lowest BCUT2D eigenvalue weighted by atomic mass is 9.75. The third-order valence-electron chi connectivity index (χ3n) is 5.36. The molecule has 0 unspecified atom stereocenters. The van der Waals surface area contributed by atoms with Crippen molar-refractivity contribution >= 4 is 34.6 Å². The number of ether oxygens (including phenoxy) is 1. The summed E-state index contributed by atoms with van der Waals surface area (Å²) in [6.07, 6.45) is 5.43. The zero-order chi connectivity index (χ0) is 15.7. The molecule has 0 aromatic heterocycles. The number of piperidine rings is 1. The number of rotatable bonds is 3. The molecule has 2 fully saturated rings. The molecule has 0 saturated carbocycles. The van der Waals surface area contributed by atoms with E-state index < -0.39 is 0 Å². The Kier molecular flexibility index (Phi) is 4.88. The Bertz CT molecular complexity index is 569. The van der Waals surface area contributed by atoms with Crippen molar-refractivity contribution in [3.8, 4) is 0 Å². The maximum absolute atomic E-state index is 12.4. The van der Waals surface area contributed by atoms with Crippen molar-refractivity contribution in [2.75, 3.05) is 14.2 Å². The van der Waals surface area contributed by atoms with Gasteiger partial charge in [0.05, 0.1) is 13.0 Å². The average Bonchev–Trinajstić information content (AvgIpc) is 2.77. The molecule has 22 heavy (non-hydrogen) atoms. The Labute approximate surface area is 145 Å². The van der Waals surface area contributed by atoms with E-state index in [-0.39, 0.29) is 17.8 Å². The molecule has 2 aliphatic heterocycles. The van der Waals surface area contributed by atoms with Crippen molar-refractivity contribution in [2.45, 2.75) is 37.3 Å². The predicted octanol–water partition coefficient (Wildman–Crippen LogP) is 3.83. The van der Waals surface area contributed by atoms with E-state index in [1.807, 2.05) is 4.08 Å². The average molecular weight is 410 g/mol. The van der Waals surface area contributed by atoms with Crippen LogP contribution in [0.25, 0.3) is 6.08 Å². The minimum Gasteiger partial charge on any atom is -0.469 e. The summed E-state index contributed by atoms with van der Waals surface area (Å²) in [6.45, 7) is 0. The van der Waals surface area contributed by atoms with Crippen LogP contribution in [0.15, 0.2) is 28.3 Å². The van der Waals surface area contributed by atoms with Gasteiger partial charge in [0.1, 0.15) is 0 Å².